The van der Waals surface area contributed by atoms with E-state index in [0.717, 1.165) is 16.9 Å². The third kappa shape index (κ3) is 3.20. The minimum Gasteiger partial charge on any atom is -0.324 e. The molecule has 130 valence electrons. The number of anilines is 2. The van der Waals surface area contributed by atoms with Crippen molar-refractivity contribution in [1.29, 1.82) is 0 Å². The molecule has 5 heteroatoms. The zero-order valence-corrected chi connectivity index (χ0v) is 14.4. The number of rotatable bonds is 3. The Labute approximate surface area is 151 Å². The third-order valence-corrected chi connectivity index (χ3v) is 4.69. The second kappa shape index (κ2) is 6.67. The Morgan fingerprint density at radius 3 is 2.46 bits per heavy atom. The second-order valence-corrected chi connectivity index (χ2v) is 6.53. The minimum atomic E-state index is -0.274. The van der Waals surface area contributed by atoms with Crippen LogP contribution in [0, 0.1) is 12.7 Å². The molecule has 1 aromatic heterocycles. The van der Waals surface area contributed by atoms with Crippen molar-refractivity contribution in [3.05, 3.63) is 82.9 Å². The molecule has 1 aliphatic rings. The van der Waals surface area contributed by atoms with E-state index < -0.39 is 0 Å². The van der Waals surface area contributed by atoms with Gasteiger partial charge in [-0.05, 0) is 49.1 Å². The van der Waals surface area contributed by atoms with Gasteiger partial charge in [-0.3, -0.25) is 4.79 Å². The van der Waals surface area contributed by atoms with E-state index in [2.05, 4.69) is 15.3 Å². The van der Waals surface area contributed by atoms with E-state index in [-0.39, 0.29) is 17.5 Å². The number of ketones is 1. The molecule has 0 amide bonds. The summed E-state index contributed by atoms with van der Waals surface area (Å²) in [5, 5.41) is 3.19. The Bertz CT molecular complexity index is 955. The molecule has 0 saturated heterocycles. The van der Waals surface area contributed by atoms with Crippen molar-refractivity contribution in [2.75, 3.05) is 5.32 Å². The summed E-state index contributed by atoms with van der Waals surface area (Å²) in [7, 11) is 0. The first-order chi connectivity index (χ1) is 12.6. The maximum Gasteiger partial charge on any atom is 0.227 e. The molecule has 2 aromatic carbocycles. The number of nitrogens with zero attached hydrogens (tertiary/aromatic N) is 2. The van der Waals surface area contributed by atoms with Gasteiger partial charge in [-0.25, -0.2) is 14.4 Å². The number of hydrogen-bond acceptors (Lipinski definition) is 4. The summed E-state index contributed by atoms with van der Waals surface area (Å²) < 4.78 is 13.2. The molecule has 0 saturated carbocycles. The summed E-state index contributed by atoms with van der Waals surface area (Å²) >= 11 is 0. The molecule has 1 N–H and O–H groups in total. The Kier molecular flexibility index (Phi) is 4.21. The van der Waals surface area contributed by atoms with Crippen molar-refractivity contribution < 1.29 is 9.18 Å². The van der Waals surface area contributed by atoms with E-state index in [1.807, 2.05) is 37.3 Å². The molecule has 0 aliphatic heterocycles. The number of aryl methyl sites for hydroxylation is 1. The van der Waals surface area contributed by atoms with Gasteiger partial charge in [-0.15, -0.1) is 0 Å². The maximum atomic E-state index is 13.2. The van der Waals surface area contributed by atoms with Crippen LogP contribution in [-0.2, 0) is 6.42 Å². The highest BCUT2D eigenvalue weighted by atomic mass is 19.1. The van der Waals surface area contributed by atoms with Gasteiger partial charge in [0.15, 0.2) is 5.78 Å². The summed E-state index contributed by atoms with van der Waals surface area (Å²) in [6.07, 6.45) is 1.04. The van der Waals surface area contributed by atoms with Crippen LogP contribution < -0.4 is 5.32 Å². The van der Waals surface area contributed by atoms with Crippen molar-refractivity contribution in [3.63, 3.8) is 0 Å². The molecule has 3 aromatic rings. The topological polar surface area (TPSA) is 54.9 Å². The quantitative estimate of drug-likeness (QED) is 0.753. The first-order valence-corrected chi connectivity index (χ1v) is 8.58. The van der Waals surface area contributed by atoms with Gasteiger partial charge in [0.2, 0.25) is 5.95 Å². The Morgan fingerprint density at radius 2 is 1.73 bits per heavy atom. The first kappa shape index (κ1) is 16.4. The molecular formula is C21H18FN3O. The van der Waals surface area contributed by atoms with E-state index in [0.29, 0.717) is 30.0 Å². The Balaban J connectivity index is 1.67. The summed E-state index contributed by atoms with van der Waals surface area (Å²) in [4.78, 5) is 21.7. The van der Waals surface area contributed by atoms with Crippen LogP contribution in [0.1, 0.15) is 39.6 Å². The average molecular weight is 347 g/mol. The number of hydrogen-bond donors (Lipinski definition) is 1. The van der Waals surface area contributed by atoms with E-state index >= 15 is 0 Å². The Morgan fingerprint density at radius 1 is 1.00 bits per heavy atom. The highest BCUT2D eigenvalue weighted by molar-refractivity contribution is 5.99. The van der Waals surface area contributed by atoms with Gasteiger partial charge in [0.25, 0.3) is 0 Å². The number of nitrogens with one attached hydrogen (secondary N) is 1. The van der Waals surface area contributed by atoms with E-state index in [1.165, 1.54) is 12.1 Å². The molecule has 26 heavy (non-hydrogen) atoms. The molecule has 0 spiro atoms. The van der Waals surface area contributed by atoms with Crippen molar-refractivity contribution in [1.82, 2.24) is 9.97 Å². The number of halogens is 1. The highest BCUT2D eigenvalue weighted by Crippen LogP contribution is 2.33. The number of para-hydroxylation sites is 1. The molecule has 1 aliphatic carbocycles. The monoisotopic (exact) mass is 347 g/mol. The van der Waals surface area contributed by atoms with Crippen molar-refractivity contribution >= 4 is 17.4 Å². The molecule has 1 heterocycles. The average Bonchev–Trinajstić information content (AvgIpc) is 2.62. The zero-order valence-electron chi connectivity index (χ0n) is 14.4. The third-order valence-electron chi connectivity index (χ3n) is 4.69. The van der Waals surface area contributed by atoms with Gasteiger partial charge in [0.1, 0.15) is 5.82 Å². The summed E-state index contributed by atoms with van der Waals surface area (Å²) in [6, 6.07) is 16.0. The normalized spacial score (nSPS) is 16.2. The van der Waals surface area contributed by atoms with Crippen LogP contribution in [0.25, 0.3) is 0 Å². The lowest BCUT2D eigenvalue weighted by Crippen LogP contribution is -2.22. The zero-order chi connectivity index (χ0) is 18.1. The molecular weight excluding hydrogens is 329 g/mol. The number of fused-ring (bicyclic) bond motifs is 1. The van der Waals surface area contributed by atoms with Gasteiger partial charge in [0, 0.05) is 12.1 Å². The van der Waals surface area contributed by atoms with Crippen LogP contribution in [0.5, 0.6) is 0 Å². The number of benzene rings is 2. The van der Waals surface area contributed by atoms with Crippen molar-refractivity contribution in [2.24, 2.45) is 0 Å². The minimum absolute atomic E-state index is 0.00877. The lowest BCUT2D eigenvalue weighted by atomic mass is 9.81. The van der Waals surface area contributed by atoms with E-state index in [9.17, 15) is 9.18 Å². The largest absolute Gasteiger partial charge is 0.324 e. The lowest BCUT2D eigenvalue weighted by molar-refractivity contribution is 0.0962. The number of Topliss-reactive ketones (excluding diaryl/α,β-unsaturated/α-hetero) is 1. The van der Waals surface area contributed by atoms with Gasteiger partial charge in [-0.2, -0.15) is 0 Å². The molecule has 0 unspecified atom stereocenters. The smallest absolute Gasteiger partial charge is 0.227 e. The number of aromatic nitrogens is 2. The molecule has 0 bridgehead atoms. The first-order valence-electron chi connectivity index (χ1n) is 8.58. The van der Waals surface area contributed by atoms with E-state index in [1.54, 1.807) is 12.1 Å². The standard InChI is InChI=1S/C21H18FN3O/c1-13-20-18(25-21(23-13)24-17-5-3-2-4-6-17)11-15(12-19(20)26)14-7-9-16(22)10-8-14/h2-10,15H,11-12H2,1H3,(H,23,24,25)/t15-/m1/s1. The second-order valence-electron chi connectivity index (χ2n) is 6.53. The summed E-state index contributed by atoms with van der Waals surface area (Å²) in [5.74, 6) is 0.266. The lowest BCUT2D eigenvalue weighted by Gasteiger charge is -2.24. The van der Waals surface area contributed by atoms with Crippen LogP contribution >= 0.6 is 0 Å². The predicted octanol–water partition coefficient (Wildman–Crippen LogP) is 4.58. The van der Waals surface area contributed by atoms with Crippen LogP contribution in [0.15, 0.2) is 54.6 Å². The van der Waals surface area contributed by atoms with Gasteiger partial charge in [0.05, 0.1) is 17.0 Å². The number of carbonyl (C=O) groups excluding carboxylic acids is 1. The van der Waals surface area contributed by atoms with Crippen LogP contribution in [-0.4, -0.2) is 15.8 Å². The van der Waals surface area contributed by atoms with Crippen molar-refractivity contribution in [2.45, 2.75) is 25.7 Å². The van der Waals surface area contributed by atoms with Crippen LogP contribution in [0.3, 0.4) is 0 Å². The van der Waals surface area contributed by atoms with Gasteiger partial charge < -0.3 is 5.32 Å². The van der Waals surface area contributed by atoms with Gasteiger partial charge in [-0.1, -0.05) is 30.3 Å². The Hall–Kier alpha value is -3.08. The van der Waals surface area contributed by atoms with Gasteiger partial charge >= 0.3 is 0 Å². The molecule has 1 atom stereocenters. The molecule has 4 nitrogen and oxygen atoms in total. The molecule has 0 radical (unpaired) electrons. The fourth-order valence-electron chi connectivity index (χ4n) is 3.45. The maximum absolute atomic E-state index is 13.2. The molecule has 0 fully saturated rings. The SMILES string of the molecule is Cc1nc(Nc2ccccc2)nc2c1C(=O)C[C@H](c1ccc(F)cc1)C2. The van der Waals surface area contributed by atoms with Crippen molar-refractivity contribution in [3.8, 4) is 0 Å². The predicted molar refractivity (Wildman–Crippen MR) is 98.3 cm³/mol. The van der Waals surface area contributed by atoms with E-state index in [4.69, 9.17) is 0 Å². The summed E-state index contributed by atoms with van der Waals surface area (Å²) in [5.41, 5.74) is 3.92. The summed E-state index contributed by atoms with van der Waals surface area (Å²) in [6.45, 7) is 1.84. The fraction of sp³-hybridized carbons (Fsp3) is 0.190. The highest BCUT2D eigenvalue weighted by Gasteiger charge is 2.29. The van der Waals surface area contributed by atoms with Crippen LogP contribution in [0.2, 0.25) is 0 Å². The fourth-order valence-corrected chi connectivity index (χ4v) is 3.45. The number of carbonyl (C=O) groups is 1. The molecule has 4 rings (SSSR count). The van der Waals surface area contributed by atoms with Crippen LogP contribution in [0.4, 0.5) is 16.0 Å².